The van der Waals surface area contributed by atoms with Gasteiger partial charge in [0.2, 0.25) is 5.91 Å². The average Bonchev–Trinajstić information content (AvgIpc) is 3.24. The van der Waals surface area contributed by atoms with Crippen molar-refractivity contribution >= 4 is 23.5 Å². The van der Waals surface area contributed by atoms with Crippen molar-refractivity contribution in [3.63, 3.8) is 0 Å². The van der Waals surface area contributed by atoms with Gasteiger partial charge in [-0.2, -0.15) is 0 Å². The molecule has 4 rings (SSSR count). The predicted octanol–water partition coefficient (Wildman–Crippen LogP) is 1.96. The third-order valence-corrected chi connectivity index (χ3v) is 4.76. The lowest BCUT2D eigenvalue weighted by Crippen LogP contribution is -2.32. The van der Waals surface area contributed by atoms with Crippen LogP contribution in [-0.4, -0.2) is 40.2 Å². The highest BCUT2D eigenvalue weighted by atomic mass is 16.2. The van der Waals surface area contributed by atoms with E-state index in [0.717, 1.165) is 36.9 Å². The van der Waals surface area contributed by atoms with Crippen molar-refractivity contribution in [2.75, 3.05) is 11.9 Å². The van der Waals surface area contributed by atoms with Gasteiger partial charge in [-0.25, -0.2) is 4.79 Å². The average molecular weight is 313 g/mol. The molecule has 0 spiro atoms. The molecule has 0 aromatic heterocycles. The summed E-state index contributed by atoms with van der Waals surface area (Å²) in [6, 6.07) is 6.92. The molecule has 2 saturated heterocycles. The maximum Gasteiger partial charge on any atom is 0.327 e. The molecular weight excluding hydrogens is 294 g/mol. The van der Waals surface area contributed by atoms with E-state index in [9.17, 15) is 14.4 Å². The number of carbonyl (C=O) groups is 3. The molecule has 2 aliphatic heterocycles. The Hall–Kier alpha value is -2.37. The fourth-order valence-corrected chi connectivity index (χ4v) is 3.35. The fourth-order valence-electron chi connectivity index (χ4n) is 3.35. The number of urea groups is 1. The maximum atomic E-state index is 12.4. The molecule has 6 nitrogen and oxygen atoms in total. The van der Waals surface area contributed by atoms with Crippen molar-refractivity contribution in [3.05, 3.63) is 29.8 Å². The Labute approximate surface area is 134 Å². The van der Waals surface area contributed by atoms with Crippen LogP contribution in [0.1, 0.15) is 31.2 Å². The zero-order valence-electron chi connectivity index (χ0n) is 12.8. The Morgan fingerprint density at radius 3 is 2.78 bits per heavy atom. The van der Waals surface area contributed by atoms with Crippen molar-refractivity contribution in [3.8, 4) is 0 Å². The third-order valence-electron chi connectivity index (χ3n) is 4.76. The van der Waals surface area contributed by atoms with Gasteiger partial charge in [0.05, 0.1) is 6.54 Å². The molecule has 2 heterocycles. The molecule has 0 bridgehead atoms. The first kappa shape index (κ1) is 14.2. The number of carbonyl (C=O) groups excluding carboxylic acids is 3. The van der Waals surface area contributed by atoms with Crippen molar-refractivity contribution in [2.45, 2.75) is 38.3 Å². The van der Waals surface area contributed by atoms with E-state index < -0.39 is 0 Å². The Morgan fingerprint density at radius 2 is 2.04 bits per heavy atom. The number of benzene rings is 1. The van der Waals surface area contributed by atoms with Crippen LogP contribution in [0.15, 0.2) is 24.3 Å². The third kappa shape index (κ3) is 2.58. The lowest BCUT2D eigenvalue weighted by Gasteiger charge is -2.16. The number of anilines is 1. The van der Waals surface area contributed by atoms with Gasteiger partial charge in [-0.1, -0.05) is 12.1 Å². The van der Waals surface area contributed by atoms with E-state index in [1.807, 2.05) is 24.3 Å². The number of hydrogen-bond donors (Lipinski definition) is 1. The number of amides is 4. The Bertz CT molecular complexity index is 661. The Morgan fingerprint density at radius 1 is 1.22 bits per heavy atom. The second-order valence-corrected chi connectivity index (χ2v) is 6.52. The molecular formula is C17H19N3O3. The van der Waals surface area contributed by atoms with Crippen LogP contribution in [0.3, 0.4) is 0 Å². The molecule has 3 aliphatic rings. The molecule has 3 fully saturated rings. The number of rotatable bonds is 4. The smallest absolute Gasteiger partial charge is 0.326 e. The minimum atomic E-state index is -0.264. The van der Waals surface area contributed by atoms with Gasteiger partial charge in [0.25, 0.3) is 5.91 Å². The van der Waals surface area contributed by atoms with Gasteiger partial charge in [0, 0.05) is 18.2 Å². The summed E-state index contributed by atoms with van der Waals surface area (Å²) in [6.07, 6.45) is 3.58. The Kier molecular flexibility index (Phi) is 3.32. The number of nitrogens with one attached hydrogen (secondary N) is 1. The van der Waals surface area contributed by atoms with Gasteiger partial charge in [-0.05, 0) is 43.4 Å². The van der Waals surface area contributed by atoms with Gasteiger partial charge in [-0.3, -0.25) is 14.5 Å². The lowest BCUT2D eigenvalue weighted by atomic mass is 10.1. The van der Waals surface area contributed by atoms with Gasteiger partial charge in [0.15, 0.2) is 0 Å². The van der Waals surface area contributed by atoms with E-state index >= 15 is 0 Å². The first-order valence-electron chi connectivity index (χ1n) is 8.15. The number of hydrogen-bond acceptors (Lipinski definition) is 3. The summed E-state index contributed by atoms with van der Waals surface area (Å²) in [6.45, 7) is 0.932. The van der Waals surface area contributed by atoms with Gasteiger partial charge < -0.3 is 10.2 Å². The number of nitrogens with zero attached hydrogens (tertiary/aromatic N) is 2. The molecule has 0 radical (unpaired) electrons. The van der Waals surface area contributed by atoms with E-state index in [4.69, 9.17) is 0 Å². The summed E-state index contributed by atoms with van der Waals surface area (Å²) in [5, 5.41) is 2.89. The van der Waals surface area contributed by atoms with Gasteiger partial charge >= 0.3 is 6.03 Å². The maximum absolute atomic E-state index is 12.4. The van der Waals surface area contributed by atoms with Crippen molar-refractivity contribution < 1.29 is 14.4 Å². The van der Waals surface area contributed by atoms with Crippen molar-refractivity contribution in [1.82, 2.24) is 9.80 Å². The summed E-state index contributed by atoms with van der Waals surface area (Å²) < 4.78 is 0. The second-order valence-electron chi connectivity index (χ2n) is 6.52. The van der Waals surface area contributed by atoms with Crippen LogP contribution in [0.25, 0.3) is 0 Å². The minimum Gasteiger partial charge on any atom is -0.326 e. The summed E-state index contributed by atoms with van der Waals surface area (Å²) in [7, 11) is 0. The molecule has 4 amide bonds. The van der Waals surface area contributed by atoms with E-state index in [-0.39, 0.29) is 36.3 Å². The van der Waals surface area contributed by atoms with Crippen LogP contribution in [0.5, 0.6) is 0 Å². The summed E-state index contributed by atoms with van der Waals surface area (Å²) >= 11 is 0. The van der Waals surface area contributed by atoms with E-state index in [2.05, 4.69) is 5.32 Å². The van der Waals surface area contributed by atoms with Gasteiger partial charge in [0.1, 0.15) is 6.04 Å². The van der Waals surface area contributed by atoms with Crippen LogP contribution < -0.4 is 5.32 Å². The standard InChI is InChI=1S/C17H19N3O3/c21-15(12-6-7-12)18-13-4-1-3-11(9-13)10-20-16(22)14-5-2-8-19(14)17(20)23/h1,3-4,9,12,14H,2,5-8,10H2,(H,18,21). The quantitative estimate of drug-likeness (QED) is 0.864. The van der Waals surface area contributed by atoms with Crippen LogP contribution in [0.4, 0.5) is 10.5 Å². The topological polar surface area (TPSA) is 69.7 Å². The minimum absolute atomic E-state index is 0.0520. The van der Waals surface area contributed by atoms with E-state index in [1.165, 1.54) is 4.90 Å². The first-order valence-corrected chi connectivity index (χ1v) is 8.15. The van der Waals surface area contributed by atoms with Crippen LogP contribution in [0, 0.1) is 5.92 Å². The van der Waals surface area contributed by atoms with E-state index in [1.54, 1.807) is 4.90 Å². The van der Waals surface area contributed by atoms with Crippen LogP contribution >= 0.6 is 0 Å². The monoisotopic (exact) mass is 313 g/mol. The zero-order chi connectivity index (χ0) is 16.0. The van der Waals surface area contributed by atoms with E-state index in [0.29, 0.717) is 6.54 Å². The molecule has 1 saturated carbocycles. The largest absolute Gasteiger partial charge is 0.327 e. The molecule has 1 unspecified atom stereocenters. The molecule has 1 atom stereocenters. The van der Waals surface area contributed by atoms with Gasteiger partial charge in [-0.15, -0.1) is 0 Å². The molecule has 1 aromatic rings. The SMILES string of the molecule is O=C(Nc1cccc(CN2C(=O)C3CCCN3C2=O)c1)C1CC1. The number of fused-ring (bicyclic) bond motifs is 1. The highest BCUT2D eigenvalue weighted by molar-refractivity contribution is 6.04. The molecule has 120 valence electrons. The van der Waals surface area contributed by atoms with Crippen molar-refractivity contribution in [2.24, 2.45) is 5.92 Å². The number of imide groups is 1. The first-order chi connectivity index (χ1) is 11.1. The highest BCUT2D eigenvalue weighted by Crippen LogP contribution is 2.31. The predicted molar refractivity (Wildman–Crippen MR) is 83.5 cm³/mol. The fraction of sp³-hybridized carbons (Fsp3) is 0.471. The van der Waals surface area contributed by atoms with Crippen LogP contribution in [-0.2, 0) is 16.1 Å². The highest BCUT2D eigenvalue weighted by Gasteiger charge is 2.47. The summed E-state index contributed by atoms with van der Waals surface area (Å²) in [5.41, 5.74) is 1.57. The summed E-state index contributed by atoms with van der Waals surface area (Å²) in [4.78, 5) is 39.5. The molecule has 23 heavy (non-hydrogen) atoms. The molecule has 6 heteroatoms. The van der Waals surface area contributed by atoms with Crippen molar-refractivity contribution in [1.29, 1.82) is 0 Å². The summed E-state index contributed by atoms with van der Waals surface area (Å²) in [5.74, 6) is 0.101. The zero-order valence-corrected chi connectivity index (χ0v) is 12.8. The lowest BCUT2D eigenvalue weighted by molar-refractivity contribution is -0.128. The normalized spacial score (nSPS) is 23.4. The molecule has 1 N–H and O–H groups in total. The second kappa shape index (κ2) is 5.37. The Balaban J connectivity index is 1.47. The molecule has 1 aliphatic carbocycles. The van der Waals surface area contributed by atoms with Crippen LogP contribution in [0.2, 0.25) is 0 Å². The molecule has 1 aromatic carbocycles.